The minimum absolute atomic E-state index is 0.00253. The van der Waals surface area contributed by atoms with Gasteiger partial charge in [0.2, 0.25) is 10.0 Å². The predicted molar refractivity (Wildman–Crippen MR) is 122 cm³/mol. The van der Waals surface area contributed by atoms with Gasteiger partial charge in [-0.15, -0.1) is 0 Å². The number of nitrogens with one attached hydrogen (secondary N) is 1. The molecule has 34 heavy (non-hydrogen) atoms. The van der Waals surface area contributed by atoms with Crippen LogP contribution in [0.4, 0.5) is 5.69 Å². The molecule has 1 aromatic carbocycles. The second-order valence-corrected chi connectivity index (χ2v) is 11.7. The first-order chi connectivity index (χ1) is 16.2. The van der Waals surface area contributed by atoms with Crippen LogP contribution in [0.5, 0.6) is 0 Å². The molecule has 4 saturated carbocycles. The van der Waals surface area contributed by atoms with E-state index in [9.17, 15) is 18.0 Å². The fourth-order valence-corrected chi connectivity index (χ4v) is 8.16. The van der Waals surface area contributed by atoms with E-state index in [0.29, 0.717) is 23.4 Å². The number of sulfonamides is 1. The van der Waals surface area contributed by atoms with Gasteiger partial charge in [0.15, 0.2) is 0 Å². The molecule has 10 heteroatoms. The van der Waals surface area contributed by atoms with Crippen molar-refractivity contribution in [1.82, 2.24) is 4.72 Å². The summed E-state index contributed by atoms with van der Waals surface area (Å²) in [6.07, 6.45) is 6.46. The lowest BCUT2D eigenvalue weighted by molar-refractivity contribution is -0.140. The lowest BCUT2D eigenvalue weighted by Crippen LogP contribution is -2.59. The molecule has 0 radical (unpaired) electrons. The molecule has 0 aromatic heterocycles. The second-order valence-electron chi connectivity index (χ2n) is 10.0. The number of anilines is 1. The van der Waals surface area contributed by atoms with Crippen LogP contribution >= 0.6 is 0 Å². The third-order valence-corrected chi connectivity index (χ3v) is 9.28. The van der Waals surface area contributed by atoms with Gasteiger partial charge in [-0.3, -0.25) is 0 Å². The topological polar surface area (TPSA) is 111 Å². The molecule has 0 atom stereocenters. The van der Waals surface area contributed by atoms with Crippen LogP contribution in [0.3, 0.4) is 0 Å². The number of esters is 2. The molecule has 5 aliphatic rings. The van der Waals surface area contributed by atoms with E-state index in [1.165, 1.54) is 50.5 Å². The highest BCUT2D eigenvalue weighted by atomic mass is 32.2. The molecule has 4 bridgehead atoms. The van der Waals surface area contributed by atoms with Crippen molar-refractivity contribution in [3.63, 3.8) is 0 Å². The largest absolute Gasteiger partial charge is 0.466 e. The molecule has 6 rings (SSSR count). The normalized spacial score (nSPS) is 30.4. The highest BCUT2D eigenvalue weighted by Gasteiger charge is 2.52. The van der Waals surface area contributed by atoms with Gasteiger partial charge in [-0.2, -0.15) is 0 Å². The summed E-state index contributed by atoms with van der Waals surface area (Å²) in [6, 6.07) is 6.22. The third kappa shape index (κ3) is 4.12. The van der Waals surface area contributed by atoms with Crippen molar-refractivity contribution in [1.29, 1.82) is 0 Å². The molecular formula is C24H30N2O7S. The van der Waals surface area contributed by atoms with Gasteiger partial charge in [0.1, 0.15) is 12.4 Å². The van der Waals surface area contributed by atoms with Crippen LogP contribution in [0.15, 0.2) is 40.4 Å². The summed E-state index contributed by atoms with van der Waals surface area (Å²) >= 11 is 0. The van der Waals surface area contributed by atoms with Gasteiger partial charge in [-0.05, 0) is 80.5 Å². The summed E-state index contributed by atoms with van der Waals surface area (Å²) < 4.78 is 44.8. The van der Waals surface area contributed by atoms with E-state index in [-0.39, 0.29) is 35.0 Å². The van der Waals surface area contributed by atoms with Gasteiger partial charge in [0, 0.05) is 11.2 Å². The summed E-state index contributed by atoms with van der Waals surface area (Å²) in [7, 11) is -1.26. The summed E-state index contributed by atoms with van der Waals surface area (Å²) in [5, 5.41) is 0. The zero-order chi connectivity index (χ0) is 24.1. The summed E-state index contributed by atoms with van der Waals surface area (Å²) in [5.74, 6) is 0.488. The van der Waals surface area contributed by atoms with Crippen molar-refractivity contribution >= 4 is 27.6 Å². The Morgan fingerprint density at radius 1 is 0.971 bits per heavy atom. The van der Waals surface area contributed by atoms with Crippen LogP contribution in [0, 0.1) is 17.8 Å². The predicted octanol–water partition coefficient (Wildman–Crippen LogP) is 2.33. The molecule has 0 amide bonds. The standard InChI is InChI=1S/C24H30N2O7S/c1-31-22(27)20-13-33-14-26(21(20)23(28)32-2)18-3-5-19(6-4-18)34(29,30)25-24-10-15-7-16(11-24)9-17(8-15)12-24/h3-6,15-17,25H,7-14H2,1-2H3. The molecule has 1 aliphatic heterocycles. The first-order valence-electron chi connectivity index (χ1n) is 11.6. The number of carbonyl (C=O) groups is 2. The van der Waals surface area contributed by atoms with Gasteiger partial charge in [0.05, 0.1) is 31.3 Å². The Labute approximate surface area is 199 Å². The number of hydrogen-bond acceptors (Lipinski definition) is 8. The number of benzene rings is 1. The Hall–Kier alpha value is -2.43. The maximum atomic E-state index is 13.3. The molecular weight excluding hydrogens is 460 g/mol. The lowest BCUT2D eigenvalue weighted by Gasteiger charge is -2.56. The molecule has 9 nitrogen and oxygen atoms in total. The Bertz CT molecular complexity index is 1090. The SMILES string of the molecule is COC(=O)C1=C(C(=O)OC)N(c2ccc(S(=O)(=O)NC34CC5CC(CC(C5)C3)C4)cc2)COC1. The zero-order valence-corrected chi connectivity index (χ0v) is 20.2. The highest BCUT2D eigenvalue weighted by Crippen LogP contribution is 2.56. The van der Waals surface area contributed by atoms with Gasteiger partial charge < -0.3 is 19.1 Å². The lowest BCUT2D eigenvalue weighted by atomic mass is 9.53. The van der Waals surface area contributed by atoms with Crippen molar-refractivity contribution in [2.45, 2.75) is 49.0 Å². The average Bonchev–Trinajstić information content (AvgIpc) is 2.81. The van der Waals surface area contributed by atoms with Gasteiger partial charge in [-0.1, -0.05) is 0 Å². The smallest absolute Gasteiger partial charge is 0.355 e. The Kier molecular flexibility index (Phi) is 5.94. The molecule has 0 saturated heterocycles. The molecule has 0 spiro atoms. The van der Waals surface area contributed by atoms with Crippen LogP contribution in [-0.4, -0.2) is 53.5 Å². The highest BCUT2D eigenvalue weighted by molar-refractivity contribution is 7.89. The van der Waals surface area contributed by atoms with Crippen LogP contribution in [0.1, 0.15) is 38.5 Å². The van der Waals surface area contributed by atoms with E-state index >= 15 is 0 Å². The molecule has 4 aliphatic carbocycles. The van der Waals surface area contributed by atoms with Crippen LogP contribution in [0.2, 0.25) is 0 Å². The maximum Gasteiger partial charge on any atom is 0.355 e. The first-order valence-corrected chi connectivity index (χ1v) is 13.1. The Morgan fingerprint density at radius 3 is 2.06 bits per heavy atom. The van der Waals surface area contributed by atoms with Crippen LogP contribution < -0.4 is 9.62 Å². The molecule has 0 unspecified atom stereocenters. The van der Waals surface area contributed by atoms with Crippen molar-refractivity contribution in [3.8, 4) is 0 Å². The van der Waals surface area contributed by atoms with E-state index in [0.717, 1.165) is 19.3 Å². The minimum atomic E-state index is -3.71. The fourth-order valence-electron chi connectivity index (χ4n) is 6.73. The number of carbonyl (C=O) groups excluding carboxylic acids is 2. The second kappa shape index (κ2) is 8.66. The van der Waals surface area contributed by atoms with E-state index in [4.69, 9.17) is 14.2 Å². The van der Waals surface area contributed by atoms with Crippen molar-refractivity contribution in [3.05, 3.63) is 35.5 Å². The molecule has 1 heterocycles. The van der Waals surface area contributed by atoms with Crippen molar-refractivity contribution in [2.24, 2.45) is 17.8 Å². The Balaban J connectivity index is 1.40. The average molecular weight is 491 g/mol. The summed E-state index contributed by atoms with van der Waals surface area (Å²) in [6.45, 7) is -0.0857. The van der Waals surface area contributed by atoms with E-state index in [1.54, 1.807) is 12.1 Å². The van der Waals surface area contributed by atoms with Gasteiger partial charge in [-0.25, -0.2) is 22.7 Å². The zero-order valence-electron chi connectivity index (χ0n) is 19.4. The fraction of sp³-hybridized carbons (Fsp3) is 0.583. The third-order valence-electron chi connectivity index (χ3n) is 7.68. The van der Waals surface area contributed by atoms with Crippen LogP contribution in [-0.2, 0) is 33.8 Å². The Morgan fingerprint density at radius 2 is 1.53 bits per heavy atom. The quantitative estimate of drug-likeness (QED) is 0.605. The van der Waals surface area contributed by atoms with Gasteiger partial charge in [0.25, 0.3) is 0 Å². The van der Waals surface area contributed by atoms with E-state index in [2.05, 4.69) is 4.72 Å². The van der Waals surface area contributed by atoms with E-state index < -0.39 is 22.0 Å². The van der Waals surface area contributed by atoms with Crippen LogP contribution in [0.25, 0.3) is 0 Å². The van der Waals surface area contributed by atoms with Crippen molar-refractivity contribution < 1.29 is 32.2 Å². The molecule has 4 fully saturated rings. The number of ether oxygens (including phenoxy) is 3. The monoisotopic (exact) mass is 490 g/mol. The summed E-state index contributed by atoms with van der Waals surface area (Å²) in [4.78, 5) is 26.3. The number of nitrogens with zero attached hydrogens (tertiary/aromatic N) is 1. The minimum Gasteiger partial charge on any atom is -0.466 e. The number of methoxy groups -OCH3 is 2. The first kappa shape index (κ1) is 23.3. The maximum absolute atomic E-state index is 13.3. The molecule has 1 aromatic rings. The van der Waals surface area contributed by atoms with Crippen molar-refractivity contribution in [2.75, 3.05) is 32.5 Å². The molecule has 184 valence electrons. The van der Waals surface area contributed by atoms with E-state index in [1.807, 2.05) is 0 Å². The number of rotatable bonds is 6. The summed E-state index contributed by atoms with van der Waals surface area (Å²) in [5.41, 5.74) is 0.224. The van der Waals surface area contributed by atoms with Gasteiger partial charge >= 0.3 is 11.9 Å². The number of hydrogen-bond donors (Lipinski definition) is 1. The molecule has 1 N–H and O–H groups in total.